The van der Waals surface area contributed by atoms with Gasteiger partial charge in [0.2, 0.25) is 0 Å². The van der Waals surface area contributed by atoms with Gasteiger partial charge in [-0.15, -0.1) is 0 Å². The van der Waals surface area contributed by atoms with Crippen molar-refractivity contribution in [3.05, 3.63) is 0 Å². The third kappa shape index (κ3) is 0.513. The Morgan fingerprint density at radius 3 is 1.38 bits per heavy atom. The molecular weight excluding hydrogens is 232 g/mol. The van der Waals surface area contributed by atoms with Gasteiger partial charge in [-0.1, -0.05) is 31.9 Å². The Labute approximate surface area is 66.3 Å². The average molecular weight is 240 g/mol. The van der Waals surface area contributed by atoms with Crippen LogP contribution in [0.1, 0.15) is 12.8 Å². The van der Waals surface area contributed by atoms with Gasteiger partial charge >= 0.3 is 0 Å². The Balaban J connectivity index is 2.15. The van der Waals surface area contributed by atoms with E-state index < -0.39 is 0 Å². The summed E-state index contributed by atoms with van der Waals surface area (Å²) in [4.78, 5) is 1.71. The number of fused-ring (bicyclic) bond motifs is 1. The van der Waals surface area contributed by atoms with Crippen molar-refractivity contribution in [2.24, 2.45) is 11.8 Å². The standard InChI is InChI=1S/C6H8Br2/c7-5-3-1-2-4(5)6(3)8/h3-6H,1-2H2. The van der Waals surface area contributed by atoms with Crippen molar-refractivity contribution in [3.8, 4) is 0 Å². The molecular formula is C6H8Br2. The van der Waals surface area contributed by atoms with Gasteiger partial charge < -0.3 is 0 Å². The van der Waals surface area contributed by atoms with Crippen LogP contribution in [0.5, 0.6) is 0 Å². The van der Waals surface area contributed by atoms with Crippen LogP contribution in [-0.2, 0) is 0 Å². The molecule has 3 aliphatic rings. The van der Waals surface area contributed by atoms with Gasteiger partial charge in [0.05, 0.1) is 0 Å². The van der Waals surface area contributed by atoms with E-state index in [0.717, 1.165) is 21.5 Å². The predicted molar refractivity (Wildman–Crippen MR) is 41.6 cm³/mol. The zero-order chi connectivity index (χ0) is 5.72. The summed E-state index contributed by atoms with van der Waals surface area (Å²) in [7, 11) is 0. The lowest BCUT2D eigenvalue weighted by atomic mass is 9.84. The second-order valence-corrected chi connectivity index (χ2v) is 4.91. The highest BCUT2D eigenvalue weighted by atomic mass is 79.9. The van der Waals surface area contributed by atoms with Crippen molar-refractivity contribution >= 4 is 31.9 Å². The van der Waals surface area contributed by atoms with Gasteiger partial charge in [-0.2, -0.15) is 0 Å². The van der Waals surface area contributed by atoms with Crippen LogP contribution < -0.4 is 0 Å². The minimum atomic E-state index is 0.854. The molecule has 0 atom stereocenters. The third-order valence-corrected chi connectivity index (χ3v) is 5.19. The molecule has 0 amide bonds. The highest BCUT2D eigenvalue weighted by Gasteiger charge is 2.52. The summed E-state index contributed by atoms with van der Waals surface area (Å²) in [5.74, 6) is 1.92. The molecule has 0 aromatic carbocycles. The summed E-state index contributed by atoms with van der Waals surface area (Å²) < 4.78 is 0. The normalized spacial score (nSPS) is 60.8. The van der Waals surface area contributed by atoms with Crippen molar-refractivity contribution in [1.29, 1.82) is 0 Å². The molecule has 2 heteroatoms. The Hall–Kier alpha value is 0.960. The van der Waals surface area contributed by atoms with Crippen LogP contribution in [0.15, 0.2) is 0 Å². The van der Waals surface area contributed by atoms with Crippen molar-refractivity contribution in [2.45, 2.75) is 22.5 Å². The molecule has 46 valence electrons. The van der Waals surface area contributed by atoms with Crippen LogP contribution in [-0.4, -0.2) is 9.65 Å². The summed E-state index contributed by atoms with van der Waals surface area (Å²) in [5, 5.41) is 0. The van der Waals surface area contributed by atoms with Gasteiger partial charge in [0.1, 0.15) is 0 Å². The maximum absolute atomic E-state index is 3.66. The van der Waals surface area contributed by atoms with Gasteiger partial charge in [-0.3, -0.25) is 0 Å². The summed E-state index contributed by atoms with van der Waals surface area (Å²) in [6, 6.07) is 0. The highest BCUT2D eigenvalue weighted by Crippen LogP contribution is 2.56. The summed E-state index contributed by atoms with van der Waals surface area (Å²) >= 11 is 7.33. The first-order chi connectivity index (χ1) is 3.80. The molecule has 0 saturated heterocycles. The van der Waals surface area contributed by atoms with Crippen LogP contribution in [0.3, 0.4) is 0 Å². The smallest absolute Gasteiger partial charge is 0.0223 e. The number of hydrogen-bond acceptors (Lipinski definition) is 0. The third-order valence-electron chi connectivity index (χ3n) is 2.47. The van der Waals surface area contributed by atoms with Crippen LogP contribution in [0.2, 0.25) is 0 Å². The fraction of sp³-hybridized carbons (Fsp3) is 1.00. The fourth-order valence-electron chi connectivity index (χ4n) is 1.86. The van der Waals surface area contributed by atoms with Crippen molar-refractivity contribution < 1.29 is 0 Å². The molecule has 8 heavy (non-hydrogen) atoms. The number of alkyl halides is 2. The highest BCUT2D eigenvalue weighted by molar-refractivity contribution is 9.10. The van der Waals surface area contributed by atoms with Crippen LogP contribution in [0, 0.1) is 11.8 Å². The first-order valence-electron chi connectivity index (χ1n) is 3.09. The van der Waals surface area contributed by atoms with Crippen molar-refractivity contribution in [3.63, 3.8) is 0 Å². The Kier molecular flexibility index (Phi) is 1.23. The van der Waals surface area contributed by atoms with E-state index in [9.17, 15) is 0 Å². The van der Waals surface area contributed by atoms with E-state index in [1.54, 1.807) is 0 Å². The number of halogens is 2. The lowest BCUT2D eigenvalue weighted by molar-refractivity contribution is 0.351. The minimum absolute atomic E-state index is 0.854. The first-order valence-corrected chi connectivity index (χ1v) is 4.92. The van der Waals surface area contributed by atoms with E-state index >= 15 is 0 Å². The van der Waals surface area contributed by atoms with Gasteiger partial charge in [0.25, 0.3) is 0 Å². The first kappa shape index (κ1) is 5.72. The molecule has 0 aromatic heterocycles. The Morgan fingerprint density at radius 1 is 0.875 bits per heavy atom. The maximum atomic E-state index is 3.66. The molecule has 0 heterocycles. The number of hydrogen-bond donors (Lipinski definition) is 0. The van der Waals surface area contributed by atoms with E-state index in [1.807, 2.05) is 0 Å². The SMILES string of the molecule is BrC1C2CCC1C2Br. The maximum Gasteiger partial charge on any atom is 0.0223 e. The lowest BCUT2D eigenvalue weighted by Gasteiger charge is -2.37. The second kappa shape index (κ2) is 1.72. The van der Waals surface area contributed by atoms with Crippen molar-refractivity contribution in [2.75, 3.05) is 0 Å². The minimum Gasteiger partial charge on any atom is -0.0884 e. The molecule has 2 bridgehead atoms. The molecule has 3 aliphatic carbocycles. The van der Waals surface area contributed by atoms with Gasteiger partial charge in [0.15, 0.2) is 0 Å². The monoisotopic (exact) mass is 238 g/mol. The molecule has 0 aliphatic heterocycles. The summed E-state index contributed by atoms with van der Waals surface area (Å²) in [6.07, 6.45) is 2.88. The quantitative estimate of drug-likeness (QED) is 0.570. The molecule has 3 rings (SSSR count). The molecule has 0 spiro atoms. The largest absolute Gasteiger partial charge is 0.0884 e. The molecule has 0 nitrogen and oxygen atoms in total. The molecule has 3 saturated carbocycles. The van der Waals surface area contributed by atoms with Crippen LogP contribution in [0.25, 0.3) is 0 Å². The van der Waals surface area contributed by atoms with Gasteiger partial charge in [-0.25, -0.2) is 0 Å². The molecule has 0 aromatic rings. The van der Waals surface area contributed by atoms with E-state index in [2.05, 4.69) is 31.9 Å². The number of rotatable bonds is 0. The van der Waals surface area contributed by atoms with Gasteiger partial charge in [0, 0.05) is 9.65 Å². The van der Waals surface area contributed by atoms with Gasteiger partial charge in [-0.05, 0) is 24.7 Å². The molecule has 0 N–H and O–H groups in total. The van der Waals surface area contributed by atoms with Crippen LogP contribution in [0.4, 0.5) is 0 Å². The lowest BCUT2D eigenvalue weighted by Crippen LogP contribution is -2.40. The predicted octanol–water partition coefficient (Wildman–Crippen LogP) is 2.55. The van der Waals surface area contributed by atoms with E-state index in [4.69, 9.17) is 0 Å². The van der Waals surface area contributed by atoms with Crippen LogP contribution >= 0.6 is 31.9 Å². The topological polar surface area (TPSA) is 0 Å². The van der Waals surface area contributed by atoms with E-state index in [1.165, 1.54) is 12.8 Å². The second-order valence-electron chi connectivity index (χ2n) is 2.79. The molecule has 0 unspecified atom stereocenters. The summed E-state index contributed by atoms with van der Waals surface area (Å²) in [6.45, 7) is 0. The Bertz CT molecular complexity index is 91.1. The molecule has 0 radical (unpaired) electrons. The van der Waals surface area contributed by atoms with E-state index in [-0.39, 0.29) is 0 Å². The zero-order valence-electron chi connectivity index (χ0n) is 4.48. The molecule has 3 fully saturated rings. The fourth-order valence-corrected chi connectivity index (χ4v) is 5.05. The average Bonchev–Trinajstić information content (AvgIpc) is 2.26. The summed E-state index contributed by atoms with van der Waals surface area (Å²) in [5.41, 5.74) is 0. The Morgan fingerprint density at radius 2 is 1.25 bits per heavy atom. The van der Waals surface area contributed by atoms with E-state index in [0.29, 0.717) is 0 Å². The van der Waals surface area contributed by atoms with Crippen molar-refractivity contribution in [1.82, 2.24) is 0 Å². The zero-order valence-corrected chi connectivity index (χ0v) is 7.65.